The van der Waals surface area contributed by atoms with Gasteiger partial charge in [-0.3, -0.25) is 0 Å². The lowest BCUT2D eigenvalue weighted by molar-refractivity contribution is 0.0635. The average Bonchev–Trinajstić information content (AvgIpc) is 2.00. The second-order valence-electron chi connectivity index (χ2n) is 4.44. The van der Waals surface area contributed by atoms with E-state index in [0.717, 1.165) is 0 Å². The molecular weight excluding hydrogens is 186 g/mol. The van der Waals surface area contributed by atoms with Crippen LogP contribution in [0.25, 0.3) is 0 Å². The summed E-state index contributed by atoms with van der Waals surface area (Å²) in [6, 6.07) is -0.373. The van der Waals surface area contributed by atoms with Crippen molar-refractivity contribution in [2.24, 2.45) is 5.41 Å². The Morgan fingerprint density at radius 2 is 1.93 bits per heavy atom. The fraction of sp³-hybridized carbons (Fsp3) is 0.889. The molecule has 14 heavy (non-hydrogen) atoms. The Kier molecular flexibility index (Phi) is 4.87. The Labute approximate surface area is 83.8 Å². The minimum atomic E-state index is -1.12. The molecule has 0 aromatic carbocycles. The Morgan fingerprint density at radius 1 is 1.43 bits per heavy atom. The molecule has 0 radical (unpaired) electrons. The lowest BCUT2D eigenvalue weighted by Crippen LogP contribution is -2.45. The lowest BCUT2D eigenvalue weighted by atomic mass is 9.83. The summed E-state index contributed by atoms with van der Waals surface area (Å²) in [6.07, 6.45) is -1.78. The number of hydrogen-bond acceptors (Lipinski definition) is 3. The normalized spacial score (nSPS) is 16.1. The number of aliphatic hydroxyl groups excluding tert-OH is 2. The monoisotopic (exact) mass is 205 g/mol. The Bertz CT molecular complexity index is 188. The molecule has 1 amide bonds. The number of amides is 1. The minimum Gasteiger partial charge on any atom is -0.465 e. The van der Waals surface area contributed by atoms with Gasteiger partial charge < -0.3 is 20.6 Å². The molecule has 0 aromatic rings. The summed E-state index contributed by atoms with van der Waals surface area (Å²) in [5.74, 6) is 0. The first-order chi connectivity index (χ1) is 6.27. The Morgan fingerprint density at radius 3 is 2.21 bits per heavy atom. The molecule has 0 heterocycles. The van der Waals surface area contributed by atoms with Gasteiger partial charge in [-0.25, -0.2) is 4.79 Å². The van der Waals surface area contributed by atoms with E-state index in [2.05, 4.69) is 5.32 Å². The van der Waals surface area contributed by atoms with Gasteiger partial charge in [0.05, 0.1) is 12.7 Å². The summed E-state index contributed by atoms with van der Waals surface area (Å²) in [6.45, 7) is 5.26. The molecule has 4 N–H and O–H groups in total. The van der Waals surface area contributed by atoms with Gasteiger partial charge in [0, 0.05) is 6.04 Å². The number of hydrogen-bond donors (Lipinski definition) is 4. The SMILES string of the molecule is CC(C)(C)C(CC(O)CO)NC(=O)O. The van der Waals surface area contributed by atoms with Gasteiger partial charge in [-0.1, -0.05) is 20.8 Å². The second kappa shape index (κ2) is 5.17. The van der Waals surface area contributed by atoms with Gasteiger partial charge in [0.25, 0.3) is 0 Å². The van der Waals surface area contributed by atoms with Crippen LogP contribution in [0.15, 0.2) is 0 Å². The Hall–Kier alpha value is -0.810. The predicted molar refractivity (Wildman–Crippen MR) is 52.1 cm³/mol. The minimum absolute atomic E-state index is 0.215. The van der Waals surface area contributed by atoms with Crippen LogP contribution < -0.4 is 5.32 Å². The van der Waals surface area contributed by atoms with Gasteiger partial charge in [-0.15, -0.1) is 0 Å². The first kappa shape index (κ1) is 13.2. The molecule has 84 valence electrons. The van der Waals surface area contributed by atoms with Crippen LogP contribution in [0.5, 0.6) is 0 Å². The average molecular weight is 205 g/mol. The highest BCUT2D eigenvalue weighted by Gasteiger charge is 2.28. The van der Waals surface area contributed by atoms with Crippen LogP contribution in [0.2, 0.25) is 0 Å². The lowest BCUT2D eigenvalue weighted by Gasteiger charge is -2.31. The van der Waals surface area contributed by atoms with Gasteiger partial charge in [0.1, 0.15) is 0 Å². The molecule has 0 rings (SSSR count). The van der Waals surface area contributed by atoms with Crippen molar-refractivity contribution in [1.82, 2.24) is 5.32 Å². The van der Waals surface area contributed by atoms with E-state index in [1.54, 1.807) is 0 Å². The van der Waals surface area contributed by atoms with Gasteiger partial charge in [0.15, 0.2) is 0 Å². The van der Waals surface area contributed by atoms with E-state index in [-0.39, 0.29) is 24.5 Å². The number of carbonyl (C=O) groups is 1. The van der Waals surface area contributed by atoms with Gasteiger partial charge >= 0.3 is 6.09 Å². The molecular formula is C9H19NO4. The third kappa shape index (κ3) is 5.04. The molecule has 0 spiro atoms. The molecule has 5 heteroatoms. The van der Waals surface area contributed by atoms with Crippen LogP contribution in [-0.2, 0) is 0 Å². The zero-order chi connectivity index (χ0) is 11.4. The standard InChI is InChI=1S/C9H19NO4/c1-9(2,3)7(10-8(13)14)4-6(12)5-11/h6-7,10-12H,4-5H2,1-3H3,(H,13,14). The fourth-order valence-corrected chi connectivity index (χ4v) is 1.12. The van der Waals surface area contributed by atoms with Crippen molar-refractivity contribution in [1.29, 1.82) is 0 Å². The molecule has 5 nitrogen and oxygen atoms in total. The number of rotatable bonds is 4. The molecule has 2 atom stereocenters. The van der Waals surface area contributed by atoms with Gasteiger partial charge in [-0.05, 0) is 11.8 Å². The van der Waals surface area contributed by atoms with Crippen molar-refractivity contribution < 1.29 is 20.1 Å². The van der Waals surface area contributed by atoms with E-state index in [9.17, 15) is 9.90 Å². The van der Waals surface area contributed by atoms with Gasteiger partial charge in [-0.2, -0.15) is 0 Å². The van der Waals surface area contributed by atoms with Gasteiger partial charge in [0.2, 0.25) is 0 Å². The van der Waals surface area contributed by atoms with E-state index in [4.69, 9.17) is 10.2 Å². The smallest absolute Gasteiger partial charge is 0.404 e. The van der Waals surface area contributed by atoms with Crippen LogP contribution in [-0.4, -0.2) is 40.2 Å². The van der Waals surface area contributed by atoms with Crippen LogP contribution in [0.1, 0.15) is 27.2 Å². The fourth-order valence-electron chi connectivity index (χ4n) is 1.12. The van der Waals surface area contributed by atoms with E-state index in [1.165, 1.54) is 0 Å². The summed E-state index contributed by atoms with van der Waals surface area (Å²) in [4.78, 5) is 10.5. The molecule has 0 saturated carbocycles. The molecule has 0 aliphatic carbocycles. The van der Waals surface area contributed by atoms with Crippen LogP contribution in [0, 0.1) is 5.41 Å². The molecule has 0 aromatic heterocycles. The summed E-state index contributed by atoms with van der Waals surface area (Å²) >= 11 is 0. The van der Waals surface area contributed by atoms with Crippen molar-refractivity contribution in [2.45, 2.75) is 39.3 Å². The highest BCUT2D eigenvalue weighted by atomic mass is 16.4. The summed E-state index contributed by atoms with van der Waals surface area (Å²) in [7, 11) is 0. The van der Waals surface area contributed by atoms with Crippen molar-refractivity contribution in [2.75, 3.05) is 6.61 Å². The van der Waals surface area contributed by atoms with Crippen LogP contribution in [0.4, 0.5) is 4.79 Å². The maximum Gasteiger partial charge on any atom is 0.404 e. The van der Waals surface area contributed by atoms with Crippen molar-refractivity contribution in [3.05, 3.63) is 0 Å². The molecule has 0 saturated heterocycles. The third-order valence-corrected chi connectivity index (χ3v) is 2.06. The number of aliphatic hydroxyl groups is 2. The largest absolute Gasteiger partial charge is 0.465 e. The maximum absolute atomic E-state index is 10.5. The maximum atomic E-state index is 10.5. The van der Waals surface area contributed by atoms with Crippen molar-refractivity contribution >= 4 is 6.09 Å². The van der Waals surface area contributed by atoms with E-state index in [0.29, 0.717) is 0 Å². The summed E-state index contributed by atoms with van der Waals surface area (Å²) < 4.78 is 0. The van der Waals surface area contributed by atoms with Crippen molar-refractivity contribution in [3.63, 3.8) is 0 Å². The topological polar surface area (TPSA) is 89.8 Å². The van der Waals surface area contributed by atoms with Crippen LogP contribution >= 0.6 is 0 Å². The molecule has 0 aliphatic rings. The highest BCUT2D eigenvalue weighted by molar-refractivity contribution is 5.64. The van der Waals surface area contributed by atoms with E-state index in [1.807, 2.05) is 20.8 Å². The van der Waals surface area contributed by atoms with Crippen molar-refractivity contribution in [3.8, 4) is 0 Å². The number of nitrogens with one attached hydrogen (secondary N) is 1. The van der Waals surface area contributed by atoms with E-state index >= 15 is 0 Å². The summed E-state index contributed by atoms with van der Waals surface area (Å²) in [5, 5.41) is 28.8. The zero-order valence-corrected chi connectivity index (χ0v) is 8.82. The molecule has 0 aliphatic heterocycles. The quantitative estimate of drug-likeness (QED) is 0.535. The molecule has 0 fully saturated rings. The molecule has 0 bridgehead atoms. The number of carboxylic acid groups (broad SMARTS) is 1. The third-order valence-electron chi connectivity index (χ3n) is 2.06. The first-order valence-corrected chi connectivity index (χ1v) is 4.55. The predicted octanol–water partition coefficient (Wildman–Crippen LogP) is 0.412. The molecule has 2 unspecified atom stereocenters. The first-order valence-electron chi connectivity index (χ1n) is 4.55. The second-order valence-corrected chi connectivity index (χ2v) is 4.44. The zero-order valence-electron chi connectivity index (χ0n) is 8.82. The Balaban J connectivity index is 4.33. The highest BCUT2D eigenvalue weighted by Crippen LogP contribution is 2.22. The van der Waals surface area contributed by atoms with E-state index < -0.39 is 12.2 Å². The summed E-state index contributed by atoms with van der Waals surface area (Å²) in [5.41, 5.74) is -0.283. The van der Waals surface area contributed by atoms with Crippen LogP contribution in [0.3, 0.4) is 0 Å².